The van der Waals surface area contributed by atoms with Gasteiger partial charge in [-0.05, 0) is 18.2 Å². The number of likely N-dealkylation sites (N-methyl/N-ethyl adjacent to an activating group) is 1. The van der Waals surface area contributed by atoms with E-state index in [0.29, 0.717) is 5.82 Å². The summed E-state index contributed by atoms with van der Waals surface area (Å²) in [5.41, 5.74) is 8.14. The van der Waals surface area contributed by atoms with Gasteiger partial charge in [-0.3, -0.25) is 4.90 Å². The molecule has 0 aliphatic carbocycles. The first kappa shape index (κ1) is 8.51. The van der Waals surface area contributed by atoms with E-state index >= 15 is 0 Å². The Morgan fingerprint density at radius 2 is 2.38 bits per heavy atom. The van der Waals surface area contributed by atoms with Crippen molar-refractivity contribution in [2.75, 3.05) is 18.8 Å². The lowest BCUT2D eigenvalue weighted by Gasteiger charge is -2.26. The SMILES string of the molecule is CCN1CCc2nc(N)ccc2C1. The molecule has 13 heavy (non-hydrogen) atoms. The number of rotatable bonds is 1. The Labute approximate surface area is 78.6 Å². The Balaban J connectivity index is 2.26. The summed E-state index contributed by atoms with van der Waals surface area (Å²) in [6.07, 6.45) is 1.04. The second-order valence-electron chi connectivity index (χ2n) is 3.46. The van der Waals surface area contributed by atoms with Crippen molar-refractivity contribution < 1.29 is 0 Å². The molecule has 0 amide bonds. The summed E-state index contributed by atoms with van der Waals surface area (Å²) in [6.45, 7) is 5.44. The zero-order valence-electron chi connectivity index (χ0n) is 7.95. The molecular weight excluding hydrogens is 162 g/mol. The van der Waals surface area contributed by atoms with E-state index in [0.717, 1.165) is 26.1 Å². The molecule has 0 fully saturated rings. The number of hydrogen-bond acceptors (Lipinski definition) is 3. The van der Waals surface area contributed by atoms with Crippen LogP contribution >= 0.6 is 0 Å². The van der Waals surface area contributed by atoms with Crippen molar-refractivity contribution in [3.05, 3.63) is 23.4 Å². The van der Waals surface area contributed by atoms with Crippen LogP contribution in [0.15, 0.2) is 12.1 Å². The monoisotopic (exact) mass is 177 g/mol. The predicted molar refractivity (Wildman–Crippen MR) is 53.3 cm³/mol. The molecule has 0 saturated carbocycles. The molecule has 70 valence electrons. The summed E-state index contributed by atoms with van der Waals surface area (Å²) in [5, 5.41) is 0. The van der Waals surface area contributed by atoms with Gasteiger partial charge in [0.15, 0.2) is 0 Å². The van der Waals surface area contributed by atoms with Gasteiger partial charge < -0.3 is 5.73 Å². The Morgan fingerprint density at radius 1 is 1.54 bits per heavy atom. The van der Waals surface area contributed by atoms with Gasteiger partial charge in [0.25, 0.3) is 0 Å². The highest BCUT2D eigenvalue weighted by molar-refractivity contribution is 5.35. The number of nitrogens with two attached hydrogens (primary N) is 1. The van der Waals surface area contributed by atoms with E-state index in [4.69, 9.17) is 5.73 Å². The number of hydrogen-bond donors (Lipinski definition) is 1. The Bertz CT molecular complexity index is 309. The highest BCUT2D eigenvalue weighted by atomic mass is 15.1. The molecule has 2 rings (SSSR count). The van der Waals surface area contributed by atoms with E-state index in [2.05, 4.69) is 22.9 Å². The molecule has 0 saturated heterocycles. The molecule has 1 aliphatic rings. The van der Waals surface area contributed by atoms with Crippen LogP contribution in [0.1, 0.15) is 18.2 Å². The molecule has 0 unspecified atom stereocenters. The largest absolute Gasteiger partial charge is 0.384 e. The third-order valence-corrected chi connectivity index (χ3v) is 2.60. The molecule has 0 aromatic carbocycles. The summed E-state index contributed by atoms with van der Waals surface area (Å²) in [7, 11) is 0. The van der Waals surface area contributed by atoms with Crippen LogP contribution in [0.25, 0.3) is 0 Å². The van der Waals surface area contributed by atoms with Crippen LogP contribution in [0.2, 0.25) is 0 Å². The van der Waals surface area contributed by atoms with Gasteiger partial charge in [-0.15, -0.1) is 0 Å². The van der Waals surface area contributed by atoms with Crippen LogP contribution in [0, 0.1) is 0 Å². The van der Waals surface area contributed by atoms with Gasteiger partial charge in [0.2, 0.25) is 0 Å². The normalized spacial score (nSPS) is 17.0. The van der Waals surface area contributed by atoms with Crippen LogP contribution in [-0.4, -0.2) is 23.0 Å². The van der Waals surface area contributed by atoms with Crippen LogP contribution in [0.3, 0.4) is 0 Å². The molecule has 0 bridgehead atoms. The van der Waals surface area contributed by atoms with Crippen LogP contribution < -0.4 is 5.73 Å². The first-order valence-electron chi connectivity index (χ1n) is 4.76. The first-order valence-corrected chi connectivity index (χ1v) is 4.76. The molecular formula is C10H15N3. The van der Waals surface area contributed by atoms with Crippen molar-refractivity contribution in [1.82, 2.24) is 9.88 Å². The molecule has 2 N–H and O–H groups in total. The fraction of sp³-hybridized carbons (Fsp3) is 0.500. The van der Waals surface area contributed by atoms with Crippen LogP contribution in [0.5, 0.6) is 0 Å². The van der Waals surface area contributed by atoms with Crippen molar-refractivity contribution >= 4 is 5.82 Å². The zero-order chi connectivity index (χ0) is 9.26. The van der Waals surface area contributed by atoms with Gasteiger partial charge in [-0.1, -0.05) is 13.0 Å². The highest BCUT2D eigenvalue weighted by Crippen LogP contribution is 2.17. The first-order chi connectivity index (χ1) is 6.29. The number of aromatic nitrogens is 1. The molecule has 1 aromatic heterocycles. The molecule has 1 aromatic rings. The minimum atomic E-state index is 0.642. The van der Waals surface area contributed by atoms with E-state index in [1.165, 1.54) is 11.3 Å². The highest BCUT2D eigenvalue weighted by Gasteiger charge is 2.15. The lowest BCUT2D eigenvalue weighted by atomic mass is 10.1. The number of anilines is 1. The summed E-state index contributed by atoms with van der Waals surface area (Å²) in [5.74, 6) is 0.642. The molecule has 2 heterocycles. The van der Waals surface area contributed by atoms with E-state index < -0.39 is 0 Å². The third-order valence-electron chi connectivity index (χ3n) is 2.60. The van der Waals surface area contributed by atoms with Crippen molar-refractivity contribution in [2.24, 2.45) is 0 Å². The predicted octanol–water partition coefficient (Wildman–Crippen LogP) is 1.04. The Morgan fingerprint density at radius 3 is 3.15 bits per heavy atom. The van der Waals surface area contributed by atoms with Crippen molar-refractivity contribution in [3.63, 3.8) is 0 Å². The smallest absolute Gasteiger partial charge is 0.123 e. The fourth-order valence-electron chi connectivity index (χ4n) is 1.76. The molecule has 1 aliphatic heterocycles. The number of pyridine rings is 1. The maximum absolute atomic E-state index is 5.62. The lowest BCUT2D eigenvalue weighted by Crippen LogP contribution is -2.30. The van der Waals surface area contributed by atoms with Crippen LogP contribution in [0.4, 0.5) is 5.82 Å². The van der Waals surface area contributed by atoms with Gasteiger partial charge >= 0.3 is 0 Å². The van der Waals surface area contributed by atoms with Gasteiger partial charge in [0.1, 0.15) is 5.82 Å². The second-order valence-corrected chi connectivity index (χ2v) is 3.46. The quantitative estimate of drug-likeness (QED) is 0.697. The van der Waals surface area contributed by atoms with Gasteiger partial charge in [-0.2, -0.15) is 0 Å². The molecule has 3 heteroatoms. The number of fused-ring (bicyclic) bond motifs is 1. The fourth-order valence-corrected chi connectivity index (χ4v) is 1.76. The molecule has 0 radical (unpaired) electrons. The van der Waals surface area contributed by atoms with Crippen molar-refractivity contribution in [2.45, 2.75) is 19.9 Å². The minimum absolute atomic E-state index is 0.642. The minimum Gasteiger partial charge on any atom is -0.384 e. The molecule has 0 spiro atoms. The Kier molecular flexibility index (Phi) is 2.19. The van der Waals surface area contributed by atoms with E-state index in [1.54, 1.807) is 0 Å². The molecule has 3 nitrogen and oxygen atoms in total. The lowest BCUT2D eigenvalue weighted by molar-refractivity contribution is 0.266. The van der Waals surface area contributed by atoms with E-state index in [9.17, 15) is 0 Å². The summed E-state index contributed by atoms with van der Waals surface area (Å²) in [6, 6.07) is 3.98. The average Bonchev–Trinajstić information content (AvgIpc) is 2.17. The van der Waals surface area contributed by atoms with E-state index in [1.807, 2.05) is 6.07 Å². The maximum atomic E-state index is 5.62. The zero-order valence-corrected chi connectivity index (χ0v) is 7.95. The van der Waals surface area contributed by atoms with Crippen molar-refractivity contribution in [1.29, 1.82) is 0 Å². The number of nitrogen functional groups attached to an aromatic ring is 1. The Hall–Kier alpha value is -1.09. The summed E-state index contributed by atoms with van der Waals surface area (Å²) < 4.78 is 0. The topological polar surface area (TPSA) is 42.2 Å². The van der Waals surface area contributed by atoms with Crippen LogP contribution in [-0.2, 0) is 13.0 Å². The second kappa shape index (κ2) is 3.34. The van der Waals surface area contributed by atoms with Gasteiger partial charge in [0, 0.05) is 25.2 Å². The summed E-state index contributed by atoms with van der Waals surface area (Å²) in [4.78, 5) is 6.75. The average molecular weight is 177 g/mol. The molecule has 0 atom stereocenters. The number of nitrogens with zero attached hydrogens (tertiary/aromatic N) is 2. The third kappa shape index (κ3) is 1.65. The van der Waals surface area contributed by atoms with Gasteiger partial charge in [-0.25, -0.2) is 4.98 Å². The maximum Gasteiger partial charge on any atom is 0.123 e. The van der Waals surface area contributed by atoms with Gasteiger partial charge in [0.05, 0.1) is 0 Å². The standard InChI is InChI=1S/C10H15N3/c1-2-13-6-5-9-8(7-13)3-4-10(11)12-9/h3-4H,2,5-7H2,1H3,(H2,11,12). The van der Waals surface area contributed by atoms with E-state index in [-0.39, 0.29) is 0 Å². The van der Waals surface area contributed by atoms with Crippen molar-refractivity contribution in [3.8, 4) is 0 Å². The summed E-state index contributed by atoms with van der Waals surface area (Å²) >= 11 is 0.